The van der Waals surface area contributed by atoms with E-state index in [4.69, 9.17) is 4.74 Å². The molecule has 0 spiro atoms. The summed E-state index contributed by atoms with van der Waals surface area (Å²) in [6.45, 7) is 8.02. The van der Waals surface area contributed by atoms with Crippen molar-refractivity contribution in [3.8, 4) is 0 Å². The van der Waals surface area contributed by atoms with Crippen LogP contribution in [0.2, 0.25) is 0 Å². The van der Waals surface area contributed by atoms with Gasteiger partial charge < -0.3 is 9.84 Å². The van der Waals surface area contributed by atoms with E-state index in [1.807, 2.05) is 5.57 Å². The van der Waals surface area contributed by atoms with Gasteiger partial charge in [-0.2, -0.15) is 0 Å². The Morgan fingerprint density at radius 1 is 1.12 bits per heavy atom. The lowest BCUT2D eigenvalue weighted by Gasteiger charge is -2.62. The first-order valence-electron chi connectivity index (χ1n) is 11.2. The number of methoxy groups -OCH3 is 1. The normalized spacial score (nSPS) is 59.3. The maximum atomic E-state index is 11.0. The fourth-order valence-electron chi connectivity index (χ4n) is 9.03. The molecule has 2 nitrogen and oxygen atoms in total. The number of fused-ring (bicyclic) bond motifs is 7. The maximum Gasteiger partial charge on any atom is 0.0883 e. The third kappa shape index (κ3) is 2.18. The van der Waals surface area contributed by atoms with E-state index in [9.17, 15) is 5.11 Å². The van der Waals surface area contributed by atoms with Gasteiger partial charge in [-0.25, -0.2) is 0 Å². The average Bonchev–Trinajstić information content (AvgIpc) is 3.31. The zero-order valence-electron chi connectivity index (χ0n) is 17.3. The molecule has 0 bridgehead atoms. The highest BCUT2D eigenvalue weighted by Crippen LogP contribution is 2.75. The van der Waals surface area contributed by atoms with Crippen LogP contribution in [0.5, 0.6) is 0 Å². The minimum absolute atomic E-state index is 0.452. The monoisotopic (exact) mass is 358 g/mol. The molecular weight excluding hydrogens is 320 g/mol. The molecule has 9 atom stereocenters. The van der Waals surface area contributed by atoms with Crippen LogP contribution < -0.4 is 0 Å². The summed E-state index contributed by atoms with van der Waals surface area (Å²) in [5, 5.41) is 11.0. The number of hydrogen-bond acceptors (Lipinski definition) is 2. The van der Waals surface area contributed by atoms with Gasteiger partial charge in [0.1, 0.15) is 0 Å². The second-order valence-electron chi connectivity index (χ2n) is 11.1. The van der Waals surface area contributed by atoms with Gasteiger partial charge in [-0.1, -0.05) is 25.5 Å². The number of aliphatic hydroxyl groups is 1. The Morgan fingerprint density at radius 3 is 2.65 bits per heavy atom. The van der Waals surface area contributed by atoms with Crippen molar-refractivity contribution in [1.29, 1.82) is 0 Å². The Bertz CT molecular complexity index is 626. The second kappa shape index (κ2) is 5.60. The number of ether oxygens (including phenoxy) is 1. The van der Waals surface area contributed by atoms with Crippen LogP contribution in [0.25, 0.3) is 0 Å². The van der Waals surface area contributed by atoms with Gasteiger partial charge in [0.2, 0.25) is 0 Å². The molecule has 0 aromatic rings. The summed E-state index contributed by atoms with van der Waals surface area (Å²) in [5.74, 6) is 5.43. The van der Waals surface area contributed by atoms with Crippen molar-refractivity contribution in [2.24, 2.45) is 46.3 Å². The SMILES string of the molecule is C/C=C1/[C@H]2C[C@H]2[C@H]2[C@@H]3CC[C@H]4C[C@@](O)(COC)CC[C@]4(C)[C@H]3CC[C@]12C. The van der Waals surface area contributed by atoms with Crippen molar-refractivity contribution in [3.63, 3.8) is 0 Å². The van der Waals surface area contributed by atoms with Crippen molar-refractivity contribution in [3.05, 3.63) is 11.6 Å². The van der Waals surface area contributed by atoms with E-state index in [-0.39, 0.29) is 0 Å². The predicted octanol–water partition coefficient (Wildman–Crippen LogP) is 5.21. The van der Waals surface area contributed by atoms with E-state index in [2.05, 4.69) is 26.8 Å². The first kappa shape index (κ1) is 17.7. The lowest BCUT2D eigenvalue weighted by Crippen LogP contribution is -2.56. The van der Waals surface area contributed by atoms with Crippen LogP contribution in [0.4, 0.5) is 0 Å². The molecular formula is C24H38O2. The number of allylic oxidation sites excluding steroid dienone is 2. The van der Waals surface area contributed by atoms with E-state index >= 15 is 0 Å². The molecule has 0 aromatic heterocycles. The third-order valence-corrected chi connectivity index (χ3v) is 10.2. The topological polar surface area (TPSA) is 29.5 Å². The molecule has 0 radical (unpaired) electrons. The number of rotatable bonds is 2. The molecule has 5 rings (SSSR count). The molecule has 2 heteroatoms. The molecule has 5 saturated carbocycles. The zero-order valence-corrected chi connectivity index (χ0v) is 17.3. The van der Waals surface area contributed by atoms with Crippen molar-refractivity contribution in [2.75, 3.05) is 13.7 Å². The minimum atomic E-state index is -0.567. The van der Waals surface area contributed by atoms with Crippen LogP contribution in [0, 0.1) is 46.3 Å². The first-order chi connectivity index (χ1) is 12.4. The quantitative estimate of drug-likeness (QED) is 0.687. The molecule has 5 fully saturated rings. The fourth-order valence-corrected chi connectivity index (χ4v) is 9.03. The number of hydrogen-bond donors (Lipinski definition) is 1. The van der Waals surface area contributed by atoms with Crippen LogP contribution in [0.15, 0.2) is 11.6 Å². The predicted molar refractivity (Wildman–Crippen MR) is 105 cm³/mol. The lowest BCUT2D eigenvalue weighted by molar-refractivity contribution is -0.160. The lowest BCUT2D eigenvalue weighted by atomic mass is 9.43. The first-order valence-corrected chi connectivity index (χ1v) is 11.2. The summed E-state index contributed by atoms with van der Waals surface area (Å²) < 4.78 is 5.36. The molecule has 5 aliphatic carbocycles. The fraction of sp³-hybridized carbons (Fsp3) is 0.917. The van der Waals surface area contributed by atoms with E-state index in [0.29, 0.717) is 23.4 Å². The molecule has 0 amide bonds. The van der Waals surface area contributed by atoms with Crippen LogP contribution in [-0.2, 0) is 4.74 Å². The van der Waals surface area contributed by atoms with Crippen LogP contribution >= 0.6 is 0 Å². The molecule has 0 unspecified atom stereocenters. The van der Waals surface area contributed by atoms with Gasteiger partial charge in [0.05, 0.1) is 12.2 Å². The smallest absolute Gasteiger partial charge is 0.0883 e. The summed E-state index contributed by atoms with van der Waals surface area (Å²) in [6.07, 6.45) is 12.7. The van der Waals surface area contributed by atoms with Crippen molar-refractivity contribution in [2.45, 2.75) is 77.7 Å². The van der Waals surface area contributed by atoms with E-state index in [1.165, 1.54) is 38.5 Å². The molecule has 146 valence electrons. The highest BCUT2D eigenvalue weighted by Gasteiger charge is 2.68. The Hall–Kier alpha value is -0.340. The minimum Gasteiger partial charge on any atom is -0.387 e. The Balaban J connectivity index is 1.43. The summed E-state index contributed by atoms with van der Waals surface area (Å²) >= 11 is 0. The molecule has 0 heterocycles. The summed E-state index contributed by atoms with van der Waals surface area (Å²) in [5.41, 5.74) is 2.23. The van der Waals surface area contributed by atoms with Gasteiger partial charge >= 0.3 is 0 Å². The van der Waals surface area contributed by atoms with E-state index in [1.54, 1.807) is 7.11 Å². The van der Waals surface area contributed by atoms with Crippen LogP contribution in [0.3, 0.4) is 0 Å². The molecule has 26 heavy (non-hydrogen) atoms. The van der Waals surface area contributed by atoms with Gasteiger partial charge in [-0.05, 0) is 105 Å². The Morgan fingerprint density at radius 2 is 1.92 bits per heavy atom. The van der Waals surface area contributed by atoms with Gasteiger partial charge in [0.15, 0.2) is 0 Å². The Labute approximate surface area is 159 Å². The summed E-state index contributed by atoms with van der Waals surface area (Å²) in [4.78, 5) is 0. The summed E-state index contributed by atoms with van der Waals surface area (Å²) in [7, 11) is 1.73. The van der Waals surface area contributed by atoms with E-state index in [0.717, 1.165) is 42.4 Å². The molecule has 0 aromatic carbocycles. The van der Waals surface area contributed by atoms with Crippen molar-refractivity contribution >= 4 is 0 Å². The maximum absolute atomic E-state index is 11.0. The van der Waals surface area contributed by atoms with Gasteiger partial charge in [0.25, 0.3) is 0 Å². The molecule has 1 N–H and O–H groups in total. The average molecular weight is 359 g/mol. The van der Waals surface area contributed by atoms with Gasteiger partial charge in [-0.15, -0.1) is 0 Å². The standard InChI is InChI=1S/C24H38O2/c1-5-19-17-12-18(17)21-16-7-6-15-13-24(25,14-26-4)11-10-22(15,2)20(16)8-9-23(19,21)3/h5,15-18,20-21,25H,6-14H2,1-4H3/b19-5-/t15-,16+,17-,18+,20-,21+,22-,23+,24+/m0/s1. The van der Waals surface area contributed by atoms with Crippen LogP contribution in [-0.4, -0.2) is 24.4 Å². The molecule has 0 aliphatic heterocycles. The van der Waals surface area contributed by atoms with Gasteiger partial charge in [-0.3, -0.25) is 0 Å². The molecule has 5 aliphatic rings. The highest BCUT2D eigenvalue weighted by atomic mass is 16.5. The van der Waals surface area contributed by atoms with Crippen LogP contribution in [0.1, 0.15) is 72.1 Å². The summed E-state index contributed by atoms with van der Waals surface area (Å²) in [6, 6.07) is 0. The third-order valence-electron chi connectivity index (χ3n) is 10.2. The largest absolute Gasteiger partial charge is 0.387 e. The molecule has 0 saturated heterocycles. The van der Waals surface area contributed by atoms with Crippen molar-refractivity contribution < 1.29 is 9.84 Å². The Kier molecular flexibility index (Phi) is 3.82. The zero-order chi connectivity index (χ0) is 18.3. The second-order valence-corrected chi connectivity index (χ2v) is 11.1. The van der Waals surface area contributed by atoms with Crippen molar-refractivity contribution in [1.82, 2.24) is 0 Å². The van der Waals surface area contributed by atoms with E-state index < -0.39 is 5.60 Å². The highest BCUT2D eigenvalue weighted by molar-refractivity contribution is 5.34. The van der Waals surface area contributed by atoms with Gasteiger partial charge in [0, 0.05) is 7.11 Å².